The Hall–Kier alpha value is -1.40. The molecule has 1 aromatic rings. The molecule has 19 heavy (non-hydrogen) atoms. The number of carbonyl (C=O) groups is 1. The first-order chi connectivity index (χ1) is 9.16. The van der Waals surface area contributed by atoms with Crippen LogP contribution in [0.1, 0.15) is 29.7 Å². The number of ether oxygens (including phenoxy) is 2. The molecule has 0 amide bonds. The highest BCUT2D eigenvalue weighted by Crippen LogP contribution is 2.29. The molecule has 1 N–H and O–H groups in total. The summed E-state index contributed by atoms with van der Waals surface area (Å²) in [5.41, 5.74) is 2.05. The lowest BCUT2D eigenvalue weighted by Gasteiger charge is -2.22. The van der Waals surface area contributed by atoms with E-state index in [2.05, 4.69) is 4.98 Å². The van der Waals surface area contributed by atoms with E-state index in [1.807, 2.05) is 11.6 Å². The van der Waals surface area contributed by atoms with Gasteiger partial charge < -0.3 is 19.1 Å². The summed E-state index contributed by atoms with van der Waals surface area (Å²) in [6, 6.07) is 0. The molecule has 0 spiro atoms. The number of rotatable bonds is 2. The first kappa shape index (κ1) is 12.6. The van der Waals surface area contributed by atoms with E-state index in [-0.39, 0.29) is 12.0 Å². The van der Waals surface area contributed by atoms with Gasteiger partial charge in [-0.25, -0.2) is 4.98 Å². The quantitative estimate of drug-likeness (QED) is 0.853. The maximum atomic E-state index is 11.1. The highest BCUT2D eigenvalue weighted by Gasteiger charge is 2.31. The lowest BCUT2D eigenvalue weighted by atomic mass is 9.90. The van der Waals surface area contributed by atoms with E-state index >= 15 is 0 Å². The Kier molecular flexibility index (Phi) is 3.28. The Labute approximate surface area is 111 Å². The van der Waals surface area contributed by atoms with E-state index in [0.29, 0.717) is 32.7 Å². The van der Waals surface area contributed by atoms with Crippen molar-refractivity contribution in [1.82, 2.24) is 9.55 Å². The summed E-state index contributed by atoms with van der Waals surface area (Å²) in [5.74, 6) is -0.176. The van der Waals surface area contributed by atoms with Crippen LogP contribution in [0, 0.1) is 5.92 Å². The third-order valence-corrected chi connectivity index (χ3v) is 3.95. The number of hydrogen-bond acceptors (Lipinski definition) is 4. The number of carboxylic acids is 1. The largest absolute Gasteiger partial charge is 0.481 e. The van der Waals surface area contributed by atoms with Gasteiger partial charge in [0.1, 0.15) is 11.9 Å². The van der Waals surface area contributed by atoms with Gasteiger partial charge in [0.05, 0.1) is 31.4 Å². The van der Waals surface area contributed by atoms with Crippen molar-refractivity contribution in [2.24, 2.45) is 13.0 Å². The van der Waals surface area contributed by atoms with Crippen LogP contribution in [0.5, 0.6) is 0 Å². The second-order valence-electron chi connectivity index (χ2n) is 5.13. The van der Waals surface area contributed by atoms with Gasteiger partial charge in [0.15, 0.2) is 0 Å². The van der Waals surface area contributed by atoms with Crippen LogP contribution >= 0.6 is 0 Å². The van der Waals surface area contributed by atoms with Crippen LogP contribution in [0.15, 0.2) is 0 Å². The van der Waals surface area contributed by atoms with E-state index in [1.54, 1.807) is 0 Å². The zero-order valence-electron chi connectivity index (χ0n) is 11.0. The average molecular weight is 266 g/mol. The maximum Gasteiger partial charge on any atom is 0.306 e. The summed E-state index contributed by atoms with van der Waals surface area (Å²) in [5, 5.41) is 9.11. The van der Waals surface area contributed by atoms with Gasteiger partial charge in [-0.2, -0.15) is 0 Å². The number of hydrogen-bond donors (Lipinski definition) is 1. The third-order valence-electron chi connectivity index (χ3n) is 3.95. The minimum absolute atomic E-state index is 0.132. The maximum absolute atomic E-state index is 11.1. The number of imidazole rings is 1. The first-order valence-electron chi connectivity index (χ1n) is 6.63. The van der Waals surface area contributed by atoms with Crippen molar-refractivity contribution >= 4 is 5.97 Å². The van der Waals surface area contributed by atoms with Crippen molar-refractivity contribution in [3.63, 3.8) is 0 Å². The molecule has 0 aromatic carbocycles. The molecule has 1 fully saturated rings. The van der Waals surface area contributed by atoms with Gasteiger partial charge in [0, 0.05) is 19.2 Å². The second kappa shape index (κ2) is 4.94. The SMILES string of the molecule is Cn1c(C2COCCO2)nc2c1CCC(C(=O)O)C2. The van der Waals surface area contributed by atoms with Crippen molar-refractivity contribution in [3.05, 3.63) is 17.2 Å². The van der Waals surface area contributed by atoms with Crippen molar-refractivity contribution in [2.75, 3.05) is 19.8 Å². The van der Waals surface area contributed by atoms with Crippen LogP contribution in [-0.2, 0) is 34.2 Å². The molecule has 2 unspecified atom stereocenters. The van der Waals surface area contributed by atoms with Crippen LogP contribution < -0.4 is 0 Å². The first-order valence-corrected chi connectivity index (χ1v) is 6.63. The Morgan fingerprint density at radius 3 is 3.00 bits per heavy atom. The summed E-state index contributed by atoms with van der Waals surface area (Å²) in [6.45, 7) is 1.73. The van der Waals surface area contributed by atoms with E-state index in [0.717, 1.165) is 23.6 Å². The average Bonchev–Trinajstić information content (AvgIpc) is 2.76. The summed E-state index contributed by atoms with van der Waals surface area (Å²) in [6.07, 6.45) is 1.84. The molecule has 0 radical (unpaired) electrons. The molecule has 104 valence electrons. The molecule has 3 rings (SSSR count). The topological polar surface area (TPSA) is 73.6 Å². The Morgan fingerprint density at radius 1 is 1.47 bits per heavy atom. The normalized spacial score (nSPS) is 27.0. The molecular formula is C13H18N2O4. The van der Waals surface area contributed by atoms with Crippen LogP contribution in [0.2, 0.25) is 0 Å². The van der Waals surface area contributed by atoms with Gasteiger partial charge in [-0.1, -0.05) is 0 Å². The van der Waals surface area contributed by atoms with Gasteiger partial charge >= 0.3 is 5.97 Å². The number of nitrogens with zero attached hydrogens (tertiary/aromatic N) is 2. The molecule has 0 bridgehead atoms. The molecule has 2 atom stereocenters. The fraction of sp³-hybridized carbons (Fsp3) is 0.692. The number of fused-ring (bicyclic) bond motifs is 1. The van der Waals surface area contributed by atoms with Gasteiger partial charge in [-0.3, -0.25) is 4.79 Å². The summed E-state index contributed by atoms with van der Waals surface area (Å²) < 4.78 is 13.1. The van der Waals surface area contributed by atoms with E-state index in [9.17, 15) is 4.79 Å². The molecule has 1 aliphatic carbocycles. The van der Waals surface area contributed by atoms with Crippen molar-refractivity contribution in [1.29, 1.82) is 0 Å². The lowest BCUT2D eigenvalue weighted by molar-refractivity contribution is -0.142. The smallest absolute Gasteiger partial charge is 0.306 e. The molecule has 6 heteroatoms. The predicted octanol–water partition coefficient (Wildman–Crippen LogP) is 0.698. The number of carboxylic acid groups (broad SMARTS) is 1. The predicted molar refractivity (Wildman–Crippen MR) is 65.9 cm³/mol. The molecule has 2 heterocycles. The molecule has 0 saturated carbocycles. The fourth-order valence-electron chi connectivity index (χ4n) is 2.87. The van der Waals surface area contributed by atoms with E-state index < -0.39 is 5.97 Å². The minimum Gasteiger partial charge on any atom is -0.481 e. The van der Waals surface area contributed by atoms with Gasteiger partial charge in [-0.05, 0) is 12.8 Å². The zero-order valence-corrected chi connectivity index (χ0v) is 11.0. The van der Waals surface area contributed by atoms with Crippen molar-refractivity contribution in [3.8, 4) is 0 Å². The van der Waals surface area contributed by atoms with Crippen LogP contribution in [0.4, 0.5) is 0 Å². The van der Waals surface area contributed by atoms with Gasteiger partial charge in [0.25, 0.3) is 0 Å². The Morgan fingerprint density at radius 2 is 2.32 bits per heavy atom. The molecular weight excluding hydrogens is 248 g/mol. The molecule has 1 saturated heterocycles. The summed E-state index contributed by atoms with van der Waals surface area (Å²) in [7, 11) is 1.97. The molecule has 6 nitrogen and oxygen atoms in total. The molecule has 1 aliphatic heterocycles. The zero-order chi connectivity index (χ0) is 13.4. The Bertz CT molecular complexity index is 491. The summed E-state index contributed by atoms with van der Waals surface area (Å²) in [4.78, 5) is 15.7. The van der Waals surface area contributed by atoms with Crippen molar-refractivity contribution in [2.45, 2.75) is 25.4 Å². The Balaban J connectivity index is 1.86. The third kappa shape index (κ3) is 2.26. The lowest BCUT2D eigenvalue weighted by Crippen LogP contribution is -2.24. The molecule has 1 aromatic heterocycles. The monoisotopic (exact) mass is 266 g/mol. The highest BCUT2D eigenvalue weighted by molar-refractivity contribution is 5.70. The van der Waals surface area contributed by atoms with Crippen LogP contribution in [-0.4, -0.2) is 40.4 Å². The van der Waals surface area contributed by atoms with Gasteiger partial charge in [-0.15, -0.1) is 0 Å². The van der Waals surface area contributed by atoms with Crippen LogP contribution in [0.25, 0.3) is 0 Å². The number of aliphatic carboxylic acids is 1. The fourth-order valence-corrected chi connectivity index (χ4v) is 2.87. The van der Waals surface area contributed by atoms with E-state index in [4.69, 9.17) is 14.6 Å². The summed E-state index contributed by atoms with van der Waals surface area (Å²) >= 11 is 0. The second-order valence-corrected chi connectivity index (χ2v) is 5.13. The minimum atomic E-state index is -0.727. The molecule has 2 aliphatic rings. The standard InChI is InChI=1S/C13H18N2O4/c1-15-10-3-2-8(13(16)17)6-9(10)14-12(15)11-7-18-4-5-19-11/h8,11H,2-7H2,1H3,(H,16,17). The number of aromatic nitrogens is 2. The van der Waals surface area contributed by atoms with Crippen molar-refractivity contribution < 1.29 is 19.4 Å². The van der Waals surface area contributed by atoms with Gasteiger partial charge in [0.2, 0.25) is 0 Å². The van der Waals surface area contributed by atoms with Crippen LogP contribution in [0.3, 0.4) is 0 Å². The highest BCUT2D eigenvalue weighted by atomic mass is 16.6. The van der Waals surface area contributed by atoms with E-state index in [1.165, 1.54) is 0 Å².